The largest absolute Gasteiger partial charge is 0.469 e. The molecule has 0 unspecified atom stereocenters. The van der Waals surface area contributed by atoms with Crippen LogP contribution < -0.4 is 11.1 Å². The fourth-order valence-electron chi connectivity index (χ4n) is 4.46. The van der Waals surface area contributed by atoms with Crippen molar-refractivity contribution >= 4 is 17.3 Å². The van der Waals surface area contributed by atoms with E-state index in [0.29, 0.717) is 11.3 Å². The number of methoxy groups -OCH3 is 1. The molecular weight excluding hydrogens is 319 g/mol. The summed E-state index contributed by atoms with van der Waals surface area (Å²) in [5.41, 5.74) is 7.71. The van der Waals surface area contributed by atoms with Gasteiger partial charge in [-0.25, -0.2) is 4.39 Å². The molecule has 0 saturated heterocycles. The van der Waals surface area contributed by atoms with Crippen LogP contribution in [-0.2, 0) is 16.0 Å². The quantitative estimate of drug-likeness (QED) is 0.605. The number of anilines is 2. The first-order valence-electron chi connectivity index (χ1n) is 8.93. The second-order valence-electron chi connectivity index (χ2n) is 8.83. The number of hydrogen-bond donors (Lipinski definition) is 2. The maximum atomic E-state index is 14.6. The predicted octanol–water partition coefficient (Wildman–Crippen LogP) is 4.53. The summed E-state index contributed by atoms with van der Waals surface area (Å²) in [6.45, 7) is 9.12. The SMILES string of the molecule is COC(=O)CCc1ccc(NC2CC(C)(C)CC(C)(C)C2)c(N)c1F. The van der Waals surface area contributed by atoms with Crippen LogP contribution in [0.25, 0.3) is 0 Å². The number of benzene rings is 1. The molecule has 1 aliphatic carbocycles. The smallest absolute Gasteiger partial charge is 0.305 e. The number of nitrogens with one attached hydrogen (secondary N) is 1. The van der Waals surface area contributed by atoms with Crippen LogP contribution in [0.3, 0.4) is 0 Å². The topological polar surface area (TPSA) is 64.3 Å². The Labute approximate surface area is 150 Å². The molecule has 0 radical (unpaired) electrons. The van der Waals surface area contributed by atoms with Crippen molar-refractivity contribution in [1.82, 2.24) is 0 Å². The van der Waals surface area contributed by atoms with E-state index in [2.05, 4.69) is 37.7 Å². The van der Waals surface area contributed by atoms with Gasteiger partial charge in [-0.3, -0.25) is 4.79 Å². The molecule has 1 fully saturated rings. The standard InChI is InChI=1S/C20H31FN2O2/c1-19(2)10-14(11-20(3,4)12-19)23-15-8-6-13(17(21)18(15)22)7-9-16(24)25-5/h6,8,14,23H,7,9-12,22H2,1-5H3. The number of nitrogens with two attached hydrogens (primary N) is 1. The molecule has 0 heterocycles. The van der Waals surface area contributed by atoms with Gasteiger partial charge in [0, 0.05) is 12.5 Å². The van der Waals surface area contributed by atoms with Gasteiger partial charge >= 0.3 is 5.97 Å². The fraction of sp³-hybridized carbons (Fsp3) is 0.650. The average molecular weight is 350 g/mol. The summed E-state index contributed by atoms with van der Waals surface area (Å²) in [4.78, 5) is 11.2. The lowest BCUT2D eigenvalue weighted by Gasteiger charge is -2.45. The maximum absolute atomic E-state index is 14.6. The van der Waals surface area contributed by atoms with Crippen molar-refractivity contribution in [2.45, 2.75) is 65.8 Å². The van der Waals surface area contributed by atoms with E-state index in [1.165, 1.54) is 13.5 Å². The number of esters is 1. The van der Waals surface area contributed by atoms with Crippen molar-refractivity contribution in [2.75, 3.05) is 18.2 Å². The van der Waals surface area contributed by atoms with Gasteiger partial charge in [-0.05, 0) is 48.1 Å². The van der Waals surface area contributed by atoms with Gasteiger partial charge in [0.15, 0.2) is 5.82 Å². The van der Waals surface area contributed by atoms with Crippen LogP contribution in [0.2, 0.25) is 0 Å². The monoisotopic (exact) mass is 350 g/mol. The first-order chi connectivity index (χ1) is 11.5. The number of rotatable bonds is 5. The van der Waals surface area contributed by atoms with Gasteiger partial charge in [0.25, 0.3) is 0 Å². The van der Waals surface area contributed by atoms with Gasteiger partial charge < -0.3 is 15.8 Å². The van der Waals surface area contributed by atoms with E-state index >= 15 is 0 Å². The summed E-state index contributed by atoms with van der Waals surface area (Å²) in [6, 6.07) is 3.79. The summed E-state index contributed by atoms with van der Waals surface area (Å²) in [7, 11) is 1.33. The van der Waals surface area contributed by atoms with Gasteiger partial charge in [0.05, 0.1) is 18.5 Å². The Bertz CT molecular complexity index is 625. The van der Waals surface area contributed by atoms with Crippen LogP contribution in [0.15, 0.2) is 12.1 Å². The molecule has 4 nitrogen and oxygen atoms in total. The van der Waals surface area contributed by atoms with Crippen molar-refractivity contribution in [1.29, 1.82) is 0 Å². The highest BCUT2D eigenvalue weighted by Crippen LogP contribution is 2.46. The summed E-state index contributed by atoms with van der Waals surface area (Å²) in [5.74, 6) is -0.796. The Morgan fingerprint density at radius 1 is 1.28 bits per heavy atom. The lowest BCUT2D eigenvalue weighted by Crippen LogP contribution is -2.40. The molecule has 0 atom stereocenters. The molecule has 1 saturated carbocycles. The van der Waals surface area contributed by atoms with Crippen molar-refractivity contribution < 1.29 is 13.9 Å². The van der Waals surface area contributed by atoms with E-state index in [-0.39, 0.29) is 41.4 Å². The summed E-state index contributed by atoms with van der Waals surface area (Å²) < 4.78 is 19.2. The molecular formula is C20H31FN2O2. The highest BCUT2D eigenvalue weighted by atomic mass is 19.1. The predicted molar refractivity (Wildman–Crippen MR) is 100.0 cm³/mol. The molecule has 0 aromatic heterocycles. The van der Waals surface area contributed by atoms with Gasteiger partial charge in [-0.1, -0.05) is 33.8 Å². The Morgan fingerprint density at radius 2 is 1.88 bits per heavy atom. The van der Waals surface area contributed by atoms with E-state index < -0.39 is 5.82 Å². The van der Waals surface area contributed by atoms with Crippen LogP contribution in [0, 0.1) is 16.6 Å². The minimum absolute atomic E-state index is 0.128. The Morgan fingerprint density at radius 3 is 2.44 bits per heavy atom. The number of carbonyl (C=O) groups excluding carboxylic acids is 1. The number of carbonyl (C=O) groups is 1. The zero-order valence-electron chi connectivity index (χ0n) is 16.0. The van der Waals surface area contributed by atoms with E-state index in [1.54, 1.807) is 6.07 Å². The van der Waals surface area contributed by atoms with Crippen molar-refractivity contribution in [2.24, 2.45) is 10.8 Å². The molecule has 5 heteroatoms. The third kappa shape index (κ3) is 5.10. The highest BCUT2D eigenvalue weighted by Gasteiger charge is 2.38. The third-order valence-electron chi connectivity index (χ3n) is 5.00. The highest BCUT2D eigenvalue weighted by molar-refractivity contribution is 5.71. The molecule has 3 N–H and O–H groups in total. The van der Waals surface area contributed by atoms with E-state index in [4.69, 9.17) is 5.73 Å². The minimum Gasteiger partial charge on any atom is -0.469 e. The number of halogens is 1. The zero-order valence-corrected chi connectivity index (χ0v) is 16.0. The van der Waals surface area contributed by atoms with Crippen LogP contribution >= 0.6 is 0 Å². The van der Waals surface area contributed by atoms with Gasteiger partial charge in [0.2, 0.25) is 0 Å². The van der Waals surface area contributed by atoms with Gasteiger partial charge in [-0.2, -0.15) is 0 Å². The lowest BCUT2D eigenvalue weighted by atomic mass is 9.63. The minimum atomic E-state index is -0.441. The molecule has 0 spiro atoms. The molecule has 1 aromatic rings. The van der Waals surface area contributed by atoms with Crippen molar-refractivity contribution in [3.05, 3.63) is 23.5 Å². The number of hydrogen-bond acceptors (Lipinski definition) is 4. The second kappa shape index (κ2) is 7.22. The first kappa shape index (κ1) is 19.5. The van der Waals surface area contributed by atoms with Crippen molar-refractivity contribution in [3.63, 3.8) is 0 Å². The molecule has 0 bridgehead atoms. The number of aryl methyl sites for hydroxylation is 1. The Balaban J connectivity index is 2.12. The Kier molecular flexibility index (Phi) is 5.65. The van der Waals surface area contributed by atoms with Crippen LogP contribution in [-0.4, -0.2) is 19.1 Å². The normalized spacial score (nSPS) is 19.4. The first-order valence-corrected chi connectivity index (χ1v) is 8.93. The molecule has 2 rings (SSSR count). The summed E-state index contributed by atoms with van der Waals surface area (Å²) in [6.07, 6.45) is 3.66. The lowest BCUT2D eigenvalue weighted by molar-refractivity contribution is -0.140. The zero-order chi connectivity index (χ0) is 18.8. The molecule has 0 aliphatic heterocycles. The van der Waals surface area contributed by atoms with E-state index in [9.17, 15) is 9.18 Å². The second-order valence-corrected chi connectivity index (χ2v) is 8.83. The van der Waals surface area contributed by atoms with Crippen LogP contribution in [0.5, 0.6) is 0 Å². The molecule has 1 aliphatic rings. The maximum Gasteiger partial charge on any atom is 0.305 e. The van der Waals surface area contributed by atoms with Crippen LogP contribution in [0.1, 0.15) is 58.9 Å². The fourth-order valence-corrected chi connectivity index (χ4v) is 4.46. The van der Waals surface area contributed by atoms with Gasteiger partial charge in [-0.15, -0.1) is 0 Å². The average Bonchev–Trinajstić information content (AvgIpc) is 2.47. The van der Waals surface area contributed by atoms with Gasteiger partial charge in [0.1, 0.15) is 0 Å². The number of ether oxygens (including phenoxy) is 1. The van der Waals surface area contributed by atoms with Crippen molar-refractivity contribution in [3.8, 4) is 0 Å². The number of nitrogen functional groups attached to an aromatic ring is 1. The summed E-state index contributed by atoms with van der Waals surface area (Å²) >= 11 is 0. The van der Waals surface area contributed by atoms with Crippen LogP contribution in [0.4, 0.5) is 15.8 Å². The Hall–Kier alpha value is -1.78. The third-order valence-corrected chi connectivity index (χ3v) is 5.00. The molecule has 0 amide bonds. The molecule has 1 aromatic carbocycles. The molecule has 25 heavy (non-hydrogen) atoms. The van der Waals surface area contributed by atoms with E-state index in [1.807, 2.05) is 6.07 Å². The summed E-state index contributed by atoms with van der Waals surface area (Å²) in [5, 5.41) is 3.45. The molecule has 140 valence electrons. The van der Waals surface area contributed by atoms with E-state index in [0.717, 1.165) is 12.8 Å².